The van der Waals surface area contributed by atoms with E-state index in [4.69, 9.17) is 14.5 Å². The molecule has 3 rings (SSSR count). The van der Waals surface area contributed by atoms with Gasteiger partial charge in [0.05, 0.1) is 5.54 Å². The number of aliphatic imine (C=N–C) groups is 1. The summed E-state index contributed by atoms with van der Waals surface area (Å²) in [5.74, 6) is 1.60. The highest BCUT2D eigenvalue weighted by Crippen LogP contribution is 2.36. The summed E-state index contributed by atoms with van der Waals surface area (Å²) < 4.78 is 10.8. The van der Waals surface area contributed by atoms with Gasteiger partial charge in [-0.25, -0.2) is 0 Å². The Kier molecular flexibility index (Phi) is 3.18. The second-order valence-electron chi connectivity index (χ2n) is 5.30. The third-order valence-corrected chi connectivity index (χ3v) is 3.41. The van der Waals surface area contributed by atoms with Crippen molar-refractivity contribution >= 4 is 6.21 Å². The number of hydrogen-bond acceptors (Lipinski definition) is 3. The largest absolute Gasteiger partial charge is 0.454 e. The van der Waals surface area contributed by atoms with Crippen LogP contribution in [0, 0.1) is 0 Å². The minimum Gasteiger partial charge on any atom is -0.454 e. The average molecular weight is 267 g/mol. The topological polar surface area (TPSA) is 30.8 Å². The van der Waals surface area contributed by atoms with Crippen molar-refractivity contribution in [1.29, 1.82) is 0 Å². The molecule has 0 spiro atoms. The van der Waals surface area contributed by atoms with Crippen LogP contribution in [0.3, 0.4) is 0 Å². The monoisotopic (exact) mass is 267 g/mol. The van der Waals surface area contributed by atoms with Crippen molar-refractivity contribution in [3.05, 3.63) is 59.7 Å². The van der Waals surface area contributed by atoms with E-state index in [9.17, 15) is 0 Å². The summed E-state index contributed by atoms with van der Waals surface area (Å²) in [5.41, 5.74) is 1.90. The van der Waals surface area contributed by atoms with E-state index < -0.39 is 0 Å². The molecule has 0 atom stereocenters. The molecule has 2 aromatic carbocycles. The van der Waals surface area contributed by atoms with Crippen molar-refractivity contribution in [3.8, 4) is 11.5 Å². The van der Waals surface area contributed by atoms with Gasteiger partial charge in [0.25, 0.3) is 0 Å². The lowest BCUT2D eigenvalue weighted by Gasteiger charge is -2.20. The first-order valence-electron chi connectivity index (χ1n) is 6.65. The fourth-order valence-corrected chi connectivity index (χ4v) is 2.13. The molecule has 3 heteroatoms. The minimum absolute atomic E-state index is 0.298. The number of hydrogen-bond donors (Lipinski definition) is 0. The fourth-order valence-electron chi connectivity index (χ4n) is 2.13. The first-order chi connectivity index (χ1) is 9.65. The Morgan fingerprint density at radius 1 is 1.00 bits per heavy atom. The van der Waals surface area contributed by atoms with Crippen LogP contribution in [-0.4, -0.2) is 13.0 Å². The molecule has 0 aromatic heterocycles. The van der Waals surface area contributed by atoms with Crippen molar-refractivity contribution in [1.82, 2.24) is 0 Å². The second kappa shape index (κ2) is 5.00. The first kappa shape index (κ1) is 12.7. The molecule has 0 unspecified atom stereocenters. The van der Waals surface area contributed by atoms with E-state index in [1.807, 2.05) is 54.7 Å². The van der Waals surface area contributed by atoms with Crippen LogP contribution in [0.1, 0.15) is 25.0 Å². The van der Waals surface area contributed by atoms with Crippen LogP contribution in [0.2, 0.25) is 0 Å². The molecule has 0 amide bonds. The van der Waals surface area contributed by atoms with Gasteiger partial charge in [0, 0.05) is 6.21 Å². The fraction of sp³-hybridized carbons (Fsp3) is 0.235. The van der Waals surface area contributed by atoms with E-state index in [1.54, 1.807) is 0 Å². The van der Waals surface area contributed by atoms with E-state index >= 15 is 0 Å². The summed E-state index contributed by atoms with van der Waals surface area (Å²) in [7, 11) is 0. The molecule has 1 aliphatic heterocycles. The summed E-state index contributed by atoms with van der Waals surface area (Å²) in [6, 6.07) is 16.1. The van der Waals surface area contributed by atoms with Crippen LogP contribution in [-0.2, 0) is 5.54 Å². The summed E-state index contributed by atoms with van der Waals surface area (Å²) in [4.78, 5) is 4.70. The Labute approximate surface area is 118 Å². The maximum Gasteiger partial charge on any atom is 0.231 e. The molecule has 0 aliphatic carbocycles. The lowest BCUT2D eigenvalue weighted by atomic mass is 9.94. The molecule has 0 fully saturated rings. The van der Waals surface area contributed by atoms with Gasteiger partial charge in [-0.1, -0.05) is 36.4 Å². The molecular weight excluding hydrogens is 250 g/mol. The standard InChI is InChI=1S/C17H17NO2/c1-17(2,18-11-13-6-4-3-5-7-13)14-8-9-15-16(10-14)20-12-19-15/h3-11H,12H2,1-2H3. The second-order valence-corrected chi connectivity index (χ2v) is 5.30. The molecule has 0 bridgehead atoms. The van der Waals surface area contributed by atoms with Crippen molar-refractivity contribution in [3.63, 3.8) is 0 Å². The maximum absolute atomic E-state index is 5.42. The number of nitrogens with zero attached hydrogens (tertiary/aromatic N) is 1. The van der Waals surface area contributed by atoms with Crippen molar-refractivity contribution in [2.75, 3.05) is 6.79 Å². The third kappa shape index (κ3) is 2.52. The molecule has 20 heavy (non-hydrogen) atoms. The molecule has 102 valence electrons. The van der Waals surface area contributed by atoms with E-state index in [1.165, 1.54) is 0 Å². The smallest absolute Gasteiger partial charge is 0.231 e. The molecule has 3 nitrogen and oxygen atoms in total. The Morgan fingerprint density at radius 2 is 1.75 bits per heavy atom. The van der Waals surface area contributed by atoms with Crippen LogP contribution in [0.25, 0.3) is 0 Å². The number of rotatable bonds is 3. The predicted molar refractivity (Wildman–Crippen MR) is 79.6 cm³/mol. The molecule has 1 aliphatic rings. The number of fused-ring (bicyclic) bond motifs is 1. The Balaban J connectivity index is 1.86. The minimum atomic E-state index is -0.309. The van der Waals surface area contributed by atoms with Crippen molar-refractivity contribution in [2.24, 2.45) is 4.99 Å². The zero-order valence-corrected chi connectivity index (χ0v) is 11.7. The van der Waals surface area contributed by atoms with Crippen LogP contribution >= 0.6 is 0 Å². The molecule has 0 saturated heterocycles. The molecular formula is C17H17NO2. The highest BCUT2D eigenvalue weighted by atomic mass is 16.7. The number of benzene rings is 2. The normalized spacial score (nSPS) is 13.9. The van der Waals surface area contributed by atoms with Gasteiger partial charge < -0.3 is 9.47 Å². The summed E-state index contributed by atoms with van der Waals surface area (Å²) >= 11 is 0. The quantitative estimate of drug-likeness (QED) is 0.793. The van der Waals surface area contributed by atoms with E-state index in [2.05, 4.69) is 13.8 Å². The lowest BCUT2D eigenvalue weighted by molar-refractivity contribution is 0.174. The molecule has 0 radical (unpaired) electrons. The van der Waals surface area contributed by atoms with Crippen LogP contribution in [0.4, 0.5) is 0 Å². The molecule has 1 heterocycles. The Hall–Kier alpha value is -2.29. The summed E-state index contributed by atoms with van der Waals surface area (Å²) in [5, 5.41) is 0. The molecule has 0 N–H and O–H groups in total. The first-order valence-corrected chi connectivity index (χ1v) is 6.65. The lowest BCUT2D eigenvalue weighted by Crippen LogP contribution is -2.14. The van der Waals surface area contributed by atoms with Gasteiger partial charge in [0.1, 0.15) is 0 Å². The molecule has 0 saturated carbocycles. The van der Waals surface area contributed by atoms with Gasteiger partial charge in [0.2, 0.25) is 6.79 Å². The summed E-state index contributed by atoms with van der Waals surface area (Å²) in [6.45, 7) is 4.47. The van der Waals surface area contributed by atoms with E-state index in [-0.39, 0.29) is 5.54 Å². The third-order valence-electron chi connectivity index (χ3n) is 3.41. The van der Waals surface area contributed by atoms with Gasteiger partial charge in [-0.3, -0.25) is 4.99 Å². The van der Waals surface area contributed by atoms with E-state index in [0.29, 0.717) is 6.79 Å². The van der Waals surface area contributed by atoms with Crippen LogP contribution in [0.5, 0.6) is 11.5 Å². The summed E-state index contributed by atoms with van der Waals surface area (Å²) in [6.07, 6.45) is 1.91. The highest BCUT2D eigenvalue weighted by molar-refractivity contribution is 5.79. The highest BCUT2D eigenvalue weighted by Gasteiger charge is 2.22. The van der Waals surface area contributed by atoms with Crippen molar-refractivity contribution < 1.29 is 9.47 Å². The van der Waals surface area contributed by atoms with Crippen molar-refractivity contribution in [2.45, 2.75) is 19.4 Å². The molecule has 2 aromatic rings. The average Bonchev–Trinajstić information content (AvgIpc) is 2.94. The Bertz CT molecular complexity index is 633. The number of ether oxygens (including phenoxy) is 2. The zero-order valence-electron chi connectivity index (χ0n) is 11.7. The van der Waals surface area contributed by atoms with Crippen LogP contribution < -0.4 is 9.47 Å². The maximum atomic E-state index is 5.42. The van der Waals surface area contributed by atoms with Gasteiger partial charge in [-0.2, -0.15) is 0 Å². The zero-order chi connectivity index (χ0) is 14.0. The Morgan fingerprint density at radius 3 is 2.55 bits per heavy atom. The van der Waals surface area contributed by atoms with Crippen LogP contribution in [0.15, 0.2) is 53.5 Å². The van der Waals surface area contributed by atoms with Gasteiger partial charge in [-0.05, 0) is 37.1 Å². The van der Waals surface area contributed by atoms with Gasteiger partial charge in [-0.15, -0.1) is 0 Å². The van der Waals surface area contributed by atoms with E-state index in [0.717, 1.165) is 22.6 Å². The predicted octanol–water partition coefficient (Wildman–Crippen LogP) is 3.77. The SMILES string of the molecule is CC(C)(N=Cc1ccccc1)c1ccc2c(c1)OCO2. The van der Waals surface area contributed by atoms with Gasteiger partial charge in [0.15, 0.2) is 11.5 Å². The van der Waals surface area contributed by atoms with Gasteiger partial charge >= 0.3 is 0 Å².